The van der Waals surface area contributed by atoms with Gasteiger partial charge in [-0.3, -0.25) is 14.2 Å². The molecule has 0 aliphatic rings. The molecule has 33 heavy (non-hydrogen) atoms. The predicted octanol–water partition coefficient (Wildman–Crippen LogP) is 4.87. The number of carbonyl (C=O) groups is 1. The first-order chi connectivity index (χ1) is 16.0. The van der Waals surface area contributed by atoms with Crippen LogP contribution in [0.25, 0.3) is 33.4 Å². The van der Waals surface area contributed by atoms with Gasteiger partial charge in [0.05, 0.1) is 16.6 Å². The molecule has 1 amide bonds. The molecule has 5 rings (SSSR count). The third kappa shape index (κ3) is 3.66. The molecule has 0 spiro atoms. The van der Waals surface area contributed by atoms with Crippen LogP contribution in [0.4, 0.5) is 5.69 Å². The quantitative estimate of drug-likeness (QED) is 0.417. The van der Waals surface area contributed by atoms with Crippen molar-refractivity contribution in [3.05, 3.63) is 88.1 Å². The van der Waals surface area contributed by atoms with E-state index in [0.29, 0.717) is 39.4 Å². The van der Waals surface area contributed by atoms with E-state index >= 15 is 0 Å². The van der Waals surface area contributed by atoms with Crippen molar-refractivity contribution in [2.45, 2.75) is 20.3 Å². The molecule has 2 aromatic carbocycles. The van der Waals surface area contributed by atoms with Gasteiger partial charge in [-0.1, -0.05) is 30.7 Å². The van der Waals surface area contributed by atoms with E-state index in [1.54, 1.807) is 45.7 Å². The Morgan fingerprint density at radius 3 is 2.61 bits per heavy atom. The molecule has 0 radical (unpaired) electrons. The summed E-state index contributed by atoms with van der Waals surface area (Å²) in [6.45, 7) is 3.49. The number of carbonyl (C=O) groups excluding carboxylic acids is 1. The Morgan fingerprint density at radius 1 is 1.12 bits per heavy atom. The molecule has 1 N–H and O–H groups in total. The Kier molecular flexibility index (Phi) is 5.18. The van der Waals surface area contributed by atoms with E-state index in [0.717, 1.165) is 16.8 Å². The Labute approximate surface area is 194 Å². The van der Waals surface area contributed by atoms with Crippen LogP contribution < -0.4 is 10.9 Å². The molecule has 0 fully saturated rings. The van der Waals surface area contributed by atoms with Crippen molar-refractivity contribution in [2.75, 3.05) is 5.32 Å². The largest absolute Gasteiger partial charge is 0.326 e. The monoisotopic (exact) mass is 457 g/mol. The van der Waals surface area contributed by atoms with Gasteiger partial charge in [0.1, 0.15) is 0 Å². The zero-order chi connectivity index (χ0) is 23.1. The van der Waals surface area contributed by atoms with E-state index < -0.39 is 0 Å². The van der Waals surface area contributed by atoms with Gasteiger partial charge >= 0.3 is 0 Å². The highest BCUT2D eigenvalue weighted by molar-refractivity contribution is 6.30. The van der Waals surface area contributed by atoms with Crippen molar-refractivity contribution >= 4 is 39.7 Å². The lowest BCUT2D eigenvalue weighted by atomic mass is 10.0. The first kappa shape index (κ1) is 20.9. The zero-order valence-corrected chi connectivity index (χ0v) is 18.8. The number of aromatic nitrogens is 4. The number of anilines is 1. The van der Waals surface area contributed by atoms with Crippen LogP contribution in [0, 0.1) is 0 Å². The smallest absolute Gasteiger partial charge is 0.266 e. The number of rotatable bonds is 4. The number of halogens is 1. The van der Waals surface area contributed by atoms with Crippen LogP contribution in [0.1, 0.15) is 19.5 Å². The molecule has 8 heteroatoms. The lowest BCUT2D eigenvalue weighted by molar-refractivity contribution is -0.114. The molecule has 0 unspecified atom stereocenters. The average Bonchev–Trinajstić information content (AvgIpc) is 3.19. The maximum atomic E-state index is 13.3. The van der Waals surface area contributed by atoms with Crippen LogP contribution >= 0.6 is 11.6 Å². The van der Waals surface area contributed by atoms with E-state index in [1.807, 2.05) is 37.3 Å². The molecule has 3 aromatic heterocycles. The fraction of sp³-hybridized carbons (Fsp3) is 0.120. The van der Waals surface area contributed by atoms with E-state index in [-0.39, 0.29) is 11.5 Å². The minimum atomic E-state index is -0.202. The van der Waals surface area contributed by atoms with Crippen molar-refractivity contribution in [3.63, 3.8) is 0 Å². The van der Waals surface area contributed by atoms with Gasteiger partial charge < -0.3 is 5.32 Å². The fourth-order valence-electron chi connectivity index (χ4n) is 4.01. The van der Waals surface area contributed by atoms with E-state index in [9.17, 15) is 9.59 Å². The number of amides is 1. The molecule has 0 bridgehead atoms. The first-order valence-corrected chi connectivity index (χ1v) is 10.9. The van der Waals surface area contributed by atoms with Gasteiger partial charge in [0.2, 0.25) is 5.91 Å². The molecule has 0 saturated heterocycles. The van der Waals surface area contributed by atoms with Crippen molar-refractivity contribution in [3.8, 4) is 16.8 Å². The molecule has 7 nitrogen and oxygen atoms in total. The molecule has 0 saturated carbocycles. The van der Waals surface area contributed by atoms with Gasteiger partial charge in [-0.2, -0.15) is 5.10 Å². The highest BCUT2D eigenvalue weighted by Gasteiger charge is 2.18. The van der Waals surface area contributed by atoms with Crippen LogP contribution in [0.5, 0.6) is 0 Å². The maximum absolute atomic E-state index is 13.3. The van der Waals surface area contributed by atoms with Gasteiger partial charge in [0, 0.05) is 41.3 Å². The average molecular weight is 458 g/mol. The second kappa shape index (κ2) is 8.18. The van der Waals surface area contributed by atoms with Gasteiger partial charge in [0.25, 0.3) is 5.56 Å². The number of hydrogen-bond acceptors (Lipinski definition) is 4. The molecule has 3 heterocycles. The maximum Gasteiger partial charge on any atom is 0.266 e. The third-order valence-electron chi connectivity index (χ3n) is 5.50. The van der Waals surface area contributed by atoms with Gasteiger partial charge in [-0.05, 0) is 54.4 Å². The standard InChI is InChI=1S/C25H20ClN5O2/c1-3-21-23(16-5-4-6-17(26)13-16)24-27-14-20-22(31(24)29-21)11-12-30(25(20)33)19-9-7-18(8-10-19)28-15(2)32/h4-14H,3H2,1-2H3,(H,28,32). The number of aryl methyl sites for hydroxylation is 1. The minimum Gasteiger partial charge on any atom is -0.326 e. The summed E-state index contributed by atoms with van der Waals surface area (Å²) >= 11 is 6.22. The molecule has 0 aliphatic heterocycles. The highest BCUT2D eigenvalue weighted by Crippen LogP contribution is 2.31. The number of hydrogen-bond donors (Lipinski definition) is 1. The summed E-state index contributed by atoms with van der Waals surface area (Å²) in [5.41, 5.74) is 5.25. The van der Waals surface area contributed by atoms with Crippen molar-refractivity contribution < 1.29 is 4.79 Å². The second-order valence-corrected chi connectivity index (χ2v) is 8.13. The summed E-state index contributed by atoms with van der Waals surface area (Å²) in [4.78, 5) is 29.2. The summed E-state index contributed by atoms with van der Waals surface area (Å²) < 4.78 is 3.28. The number of benzene rings is 2. The Bertz CT molecular complexity index is 1590. The molecule has 0 aliphatic carbocycles. The van der Waals surface area contributed by atoms with Crippen LogP contribution in [0.3, 0.4) is 0 Å². The Balaban J connectivity index is 1.67. The topological polar surface area (TPSA) is 81.3 Å². The van der Waals surface area contributed by atoms with Crippen LogP contribution in [-0.2, 0) is 11.2 Å². The highest BCUT2D eigenvalue weighted by atomic mass is 35.5. The summed E-state index contributed by atoms with van der Waals surface area (Å²) in [6, 6.07) is 16.5. The van der Waals surface area contributed by atoms with Gasteiger partial charge in [0.15, 0.2) is 5.65 Å². The summed E-state index contributed by atoms with van der Waals surface area (Å²) in [7, 11) is 0. The third-order valence-corrected chi connectivity index (χ3v) is 5.73. The Morgan fingerprint density at radius 2 is 1.91 bits per heavy atom. The first-order valence-electron chi connectivity index (χ1n) is 10.5. The number of pyridine rings is 1. The zero-order valence-electron chi connectivity index (χ0n) is 18.0. The predicted molar refractivity (Wildman–Crippen MR) is 130 cm³/mol. The van der Waals surface area contributed by atoms with Crippen molar-refractivity contribution in [1.82, 2.24) is 19.2 Å². The van der Waals surface area contributed by atoms with Gasteiger partial charge in [-0.15, -0.1) is 0 Å². The molecular weight excluding hydrogens is 438 g/mol. The van der Waals surface area contributed by atoms with E-state index in [4.69, 9.17) is 16.7 Å². The molecule has 164 valence electrons. The lowest BCUT2D eigenvalue weighted by Crippen LogP contribution is -2.19. The second-order valence-electron chi connectivity index (χ2n) is 7.70. The van der Waals surface area contributed by atoms with Crippen LogP contribution in [0.15, 0.2) is 71.8 Å². The number of fused-ring (bicyclic) bond motifs is 3. The van der Waals surface area contributed by atoms with Gasteiger partial charge in [-0.25, -0.2) is 9.50 Å². The minimum absolute atomic E-state index is 0.150. The van der Waals surface area contributed by atoms with Crippen LogP contribution in [0.2, 0.25) is 5.02 Å². The summed E-state index contributed by atoms with van der Waals surface area (Å²) in [5.74, 6) is -0.150. The van der Waals surface area contributed by atoms with Crippen molar-refractivity contribution in [2.24, 2.45) is 0 Å². The lowest BCUT2D eigenvalue weighted by Gasteiger charge is -2.09. The van der Waals surface area contributed by atoms with Crippen LogP contribution in [-0.4, -0.2) is 25.1 Å². The molecular formula is C25H20ClN5O2. The Hall–Kier alpha value is -3.97. The molecule has 5 aromatic rings. The molecule has 0 atom stereocenters. The summed E-state index contributed by atoms with van der Waals surface area (Å²) in [5, 5.41) is 8.59. The van der Waals surface area contributed by atoms with E-state index in [2.05, 4.69) is 10.3 Å². The summed E-state index contributed by atoms with van der Waals surface area (Å²) in [6.07, 6.45) is 4.04. The number of nitrogens with one attached hydrogen (secondary N) is 1. The fourth-order valence-corrected chi connectivity index (χ4v) is 4.20. The van der Waals surface area contributed by atoms with E-state index in [1.165, 1.54) is 6.92 Å². The normalized spacial score (nSPS) is 11.2. The SMILES string of the molecule is CCc1nn2c(ncc3c(=O)n(-c4ccc(NC(C)=O)cc4)ccc32)c1-c1cccc(Cl)c1. The number of nitrogens with zero attached hydrogens (tertiary/aromatic N) is 4. The van der Waals surface area contributed by atoms with Crippen molar-refractivity contribution in [1.29, 1.82) is 0 Å².